The van der Waals surface area contributed by atoms with Crippen molar-refractivity contribution in [3.8, 4) is 0 Å². The van der Waals surface area contributed by atoms with Crippen LogP contribution < -0.4 is 0 Å². The van der Waals surface area contributed by atoms with Crippen LogP contribution in [0.4, 0.5) is 0 Å². The quantitative estimate of drug-likeness (QED) is 0.895. The van der Waals surface area contributed by atoms with Gasteiger partial charge in [-0.15, -0.1) is 0 Å². The summed E-state index contributed by atoms with van der Waals surface area (Å²) in [6.07, 6.45) is 1.71. The van der Waals surface area contributed by atoms with Crippen molar-refractivity contribution in [3.63, 3.8) is 0 Å². The Balaban J connectivity index is 2.48. The van der Waals surface area contributed by atoms with E-state index in [2.05, 4.69) is 16.8 Å². The van der Waals surface area contributed by atoms with Gasteiger partial charge >= 0.3 is 5.97 Å². The van der Waals surface area contributed by atoms with E-state index in [1.807, 2.05) is 24.7 Å². The van der Waals surface area contributed by atoms with Crippen LogP contribution in [-0.4, -0.2) is 46.2 Å². The number of benzene rings is 1. The number of para-hydroxylation sites is 1. The molecule has 0 bridgehead atoms. The molecule has 2 aromatic rings. The number of carboxylic acid groups (broad SMARTS) is 1. The maximum Gasteiger partial charge on any atom is 0.337 e. The number of nitrogens with zero attached hydrogens (tertiary/aromatic N) is 3. The summed E-state index contributed by atoms with van der Waals surface area (Å²) in [5.74, 6) is -0.939. The summed E-state index contributed by atoms with van der Waals surface area (Å²) in [4.78, 5) is 17.4. The van der Waals surface area contributed by atoms with Gasteiger partial charge in [0.2, 0.25) is 0 Å². The fraction of sp³-hybridized carbons (Fsp3) is 0.385. The third-order valence-corrected chi connectivity index (χ3v) is 2.94. The van der Waals surface area contributed by atoms with Crippen LogP contribution in [0, 0.1) is 0 Å². The van der Waals surface area contributed by atoms with E-state index in [0.29, 0.717) is 5.52 Å². The minimum atomic E-state index is -0.939. The molecule has 2 rings (SSSR count). The van der Waals surface area contributed by atoms with Crippen molar-refractivity contribution in [2.45, 2.75) is 13.0 Å². The summed E-state index contributed by atoms with van der Waals surface area (Å²) in [5, 5.41) is 9.12. The normalized spacial score (nSPS) is 13.1. The molecule has 18 heavy (non-hydrogen) atoms. The first kappa shape index (κ1) is 12.6. The smallest absolute Gasteiger partial charge is 0.337 e. The van der Waals surface area contributed by atoms with Crippen LogP contribution in [0.15, 0.2) is 24.5 Å². The van der Waals surface area contributed by atoms with Crippen molar-refractivity contribution in [1.82, 2.24) is 14.5 Å². The predicted octanol–water partition coefficient (Wildman–Crippen LogP) is 1.86. The maximum absolute atomic E-state index is 11.1. The Labute approximate surface area is 106 Å². The summed E-state index contributed by atoms with van der Waals surface area (Å²) in [5.41, 5.74) is 1.67. The second-order valence-electron chi connectivity index (χ2n) is 4.74. The average Bonchev–Trinajstić information content (AvgIpc) is 2.70. The second kappa shape index (κ2) is 4.78. The van der Waals surface area contributed by atoms with Crippen LogP contribution in [0.5, 0.6) is 0 Å². The highest BCUT2D eigenvalue weighted by atomic mass is 16.4. The van der Waals surface area contributed by atoms with Gasteiger partial charge in [-0.05, 0) is 33.2 Å². The van der Waals surface area contributed by atoms with Gasteiger partial charge in [0.25, 0.3) is 0 Å². The Morgan fingerprint density at radius 1 is 1.50 bits per heavy atom. The van der Waals surface area contributed by atoms with E-state index in [-0.39, 0.29) is 11.6 Å². The number of aromatic nitrogens is 2. The van der Waals surface area contributed by atoms with Gasteiger partial charge in [-0.25, -0.2) is 9.78 Å². The lowest BCUT2D eigenvalue weighted by atomic mass is 10.2. The molecule has 0 aliphatic carbocycles. The van der Waals surface area contributed by atoms with E-state index >= 15 is 0 Å². The number of likely N-dealkylation sites (N-methyl/N-ethyl adjacent to an activating group) is 1. The number of carboxylic acids is 1. The molecule has 96 valence electrons. The van der Waals surface area contributed by atoms with E-state index in [9.17, 15) is 4.79 Å². The third-order valence-electron chi connectivity index (χ3n) is 2.94. The SMILES string of the molecule is CC(CN(C)C)n1cnc2c(C(=O)O)cccc21. The number of hydrogen-bond acceptors (Lipinski definition) is 3. The zero-order chi connectivity index (χ0) is 13.3. The molecule has 1 N–H and O–H groups in total. The van der Waals surface area contributed by atoms with Crippen molar-refractivity contribution in [2.75, 3.05) is 20.6 Å². The largest absolute Gasteiger partial charge is 0.478 e. The molecule has 1 unspecified atom stereocenters. The lowest BCUT2D eigenvalue weighted by molar-refractivity contribution is 0.0699. The number of imidazole rings is 1. The molecule has 1 aromatic heterocycles. The molecule has 5 heteroatoms. The molecule has 1 aromatic carbocycles. The molecule has 0 amide bonds. The topological polar surface area (TPSA) is 58.4 Å². The van der Waals surface area contributed by atoms with Crippen LogP contribution in [0.3, 0.4) is 0 Å². The van der Waals surface area contributed by atoms with Crippen molar-refractivity contribution < 1.29 is 9.90 Å². The molecule has 0 saturated heterocycles. The van der Waals surface area contributed by atoms with Gasteiger partial charge in [0.1, 0.15) is 5.52 Å². The van der Waals surface area contributed by atoms with Crippen LogP contribution in [0.2, 0.25) is 0 Å². The first-order chi connectivity index (χ1) is 8.50. The summed E-state index contributed by atoms with van der Waals surface area (Å²) in [6.45, 7) is 2.97. The third kappa shape index (κ3) is 2.22. The molecule has 0 saturated carbocycles. The van der Waals surface area contributed by atoms with Gasteiger partial charge in [0, 0.05) is 12.6 Å². The number of hydrogen-bond donors (Lipinski definition) is 1. The molecular weight excluding hydrogens is 230 g/mol. The lowest BCUT2D eigenvalue weighted by Crippen LogP contribution is -2.22. The summed E-state index contributed by atoms with van der Waals surface area (Å²) in [7, 11) is 4.02. The molecular formula is C13H17N3O2. The van der Waals surface area contributed by atoms with E-state index in [0.717, 1.165) is 12.1 Å². The molecule has 0 spiro atoms. The second-order valence-corrected chi connectivity index (χ2v) is 4.74. The number of aromatic carboxylic acids is 1. The number of carbonyl (C=O) groups is 1. The molecule has 0 fully saturated rings. The van der Waals surface area contributed by atoms with E-state index in [1.165, 1.54) is 0 Å². The summed E-state index contributed by atoms with van der Waals surface area (Å²) < 4.78 is 2.02. The Morgan fingerprint density at radius 3 is 2.83 bits per heavy atom. The Bertz CT molecular complexity index is 575. The van der Waals surface area contributed by atoms with Gasteiger partial charge in [-0.1, -0.05) is 6.07 Å². The lowest BCUT2D eigenvalue weighted by Gasteiger charge is -2.18. The number of rotatable bonds is 4. The average molecular weight is 247 g/mol. The first-order valence-electron chi connectivity index (χ1n) is 5.84. The number of fused-ring (bicyclic) bond motifs is 1. The first-order valence-corrected chi connectivity index (χ1v) is 5.84. The van der Waals surface area contributed by atoms with E-state index in [4.69, 9.17) is 5.11 Å². The van der Waals surface area contributed by atoms with Gasteiger partial charge < -0.3 is 14.6 Å². The molecule has 1 atom stereocenters. The Morgan fingerprint density at radius 2 is 2.22 bits per heavy atom. The van der Waals surface area contributed by atoms with Crippen LogP contribution in [0.25, 0.3) is 11.0 Å². The van der Waals surface area contributed by atoms with Crippen molar-refractivity contribution >= 4 is 17.0 Å². The van der Waals surface area contributed by atoms with Gasteiger partial charge in [0.05, 0.1) is 17.4 Å². The standard InChI is InChI=1S/C13H17N3O2/c1-9(7-15(2)3)16-8-14-12-10(13(17)18)5-4-6-11(12)16/h4-6,8-9H,7H2,1-3H3,(H,17,18). The van der Waals surface area contributed by atoms with Crippen molar-refractivity contribution in [2.24, 2.45) is 0 Å². The highest BCUT2D eigenvalue weighted by molar-refractivity contribution is 6.00. The fourth-order valence-electron chi connectivity index (χ4n) is 2.20. The Kier molecular flexibility index (Phi) is 3.34. The van der Waals surface area contributed by atoms with Gasteiger partial charge in [-0.3, -0.25) is 0 Å². The van der Waals surface area contributed by atoms with Gasteiger partial charge in [-0.2, -0.15) is 0 Å². The zero-order valence-electron chi connectivity index (χ0n) is 10.8. The molecule has 0 aliphatic rings. The summed E-state index contributed by atoms with van der Waals surface area (Å²) >= 11 is 0. The Hall–Kier alpha value is -1.88. The molecule has 5 nitrogen and oxygen atoms in total. The van der Waals surface area contributed by atoms with Crippen molar-refractivity contribution in [3.05, 3.63) is 30.1 Å². The fourth-order valence-corrected chi connectivity index (χ4v) is 2.20. The monoisotopic (exact) mass is 247 g/mol. The van der Waals surface area contributed by atoms with Crippen molar-refractivity contribution in [1.29, 1.82) is 0 Å². The minimum absolute atomic E-state index is 0.244. The van der Waals surface area contributed by atoms with Crippen LogP contribution in [0.1, 0.15) is 23.3 Å². The van der Waals surface area contributed by atoms with Gasteiger partial charge in [0.15, 0.2) is 0 Å². The molecule has 0 radical (unpaired) electrons. The molecule has 1 heterocycles. The maximum atomic E-state index is 11.1. The van der Waals surface area contributed by atoms with E-state index in [1.54, 1.807) is 18.5 Å². The van der Waals surface area contributed by atoms with Crippen LogP contribution in [-0.2, 0) is 0 Å². The minimum Gasteiger partial charge on any atom is -0.478 e. The highest BCUT2D eigenvalue weighted by Crippen LogP contribution is 2.21. The summed E-state index contributed by atoms with van der Waals surface area (Å²) in [6, 6.07) is 5.49. The zero-order valence-corrected chi connectivity index (χ0v) is 10.8. The highest BCUT2D eigenvalue weighted by Gasteiger charge is 2.15. The van der Waals surface area contributed by atoms with Crippen LogP contribution >= 0.6 is 0 Å². The van der Waals surface area contributed by atoms with E-state index < -0.39 is 5.97 Å². The predicted molar refractivity (Wildman–Crippen MR) is 70.0 cm³/mol. The molecule has 0 aliphatic heterocycles.